The summed E-state index contributed by atoms with van der Waals surface area (Å²) in [6.45, 7) is 5.37. The zero-order valence-corrected chi connectivity index (χ0v) is 16.8. The molecule has 1 heterocycles. The topological polar surface area (TPSA) is 59.6 Å². The minimum Gasteiger partial charge on any atom is -0.496 e. The van der Waals surface area contributed by atoms with Crippen LogP contribution in [0.25, 0.3) is 0 Å². The SMILES string of the molecule is COCC1(CNC(=O)C2(c3ccc(C)c(OC)c3)CC2)CCNCC1.Cl. The monoisotopic (exact) mass is 382 g/mol. The van der Waals surface area contributed by atoms with Gasteiger partial charge < -0.3 is 20.1 Å². The van der Waals surface area contributed by atoms with Gasteiger partial charge in [-0.1, -0.05) is 12.1 Å². The molecule has 146 valence electrons. The van der Waals surface area contributed by atoms with Crippen LogP contribution >= 0.6 is 12.4 Å². The lowest BCUT2D eigenvalue weighted by Gasteiger charge is -2.37. The molecule has 2 fully saturated rings. The Morgan fingerprint density at radius 3 is 2.46 bits per heavy atom. The lowest BCUT2D eigenvalue weighted by Crippen LogP contribution is -2.49. The molecule has 0 aromatic heterocycles. The van der Waals surface area contributed by atoms with Crippen molar-refractivity contribution in [1.82, 2.24) is 10.6 Å². The second-order valence-electron chi connectivity index (χ2n) is 7.63. The molecule has 1 amide bonds. The number of nitrogens with one attached hydrogen (secondary N) is 2. The van der Waals surface area contributed by atoms with Crippen LogP contribution in [-0.4, -0.2) is 46.4 Å². The van der Waals surface area contributed by atoms with Crippen molar-refractivity contribution in [2.75, 3.05) is 40.5 Å². The number of halogens is 1. The molecule has 1 aromatic rings. The smallest absolute Gasteiger partial charge is 0.230 e. The predicted molar refractivity (Wildman–Crippen MR) is 105 cm³/mol. The van der Waals surface area contributed by atoms with Crippen molar-refractivity contribution in [3.63, 3.8) is 0 Å². The first-order valence-corrected chi connectivity index (χ1v) is 9.18. The molecular formula is C20H31ClN2O3. The van der Waals surface area contributed by atoms with Crippen LogP contribution in [-0.2, 0) is 14.9 Å². The number of rotatable bonds is 7. The Kier molecular flexibility index (Phi) is 6.94. The Morgan fingerprint density at radius 2 is 1.88 bits per heavy atom. The first-order valence-electron chi connectivity index (χ1n) is 9.18. The molecule has 0 radical (unpaired) electrons. The Labute approximate surface area is 162 Å². The van der Waals surface area contributed by atoms with Gasteiger partial charge in [0.1, 0.15) is 5.75 Å². The Balaban J connectivity index is 0.00000243. The van der Waals surface area contributed by atoms with Crippen molar-refractivity contribution in [1.29, 1.82) is 0 Å². The molecule has 1 aromatic carbocycles. The van der Waals surface area contributed by atoms with Gasteiger partial charge in [-0.05, 0) is 62.9 Å². The van der Waals surface area contributed by atoms with Crippen molar-refractivity contribution in [2.45, 2.75) is 38.0 Å². The Hall–Kier alpha value is -1.30. The highest BCUT2D eigenvalue weighted by atomic mass is 35.5. The van der Waals surface area contributed by atoms with Crippen LogP contribution in [0.3, 0.4) is 0 Å². The first-order chi connectivity index (χ1) is 12.1. The highest BCUT2D eigenvalue weighted by Crippen LogP contribution is 2.49. The van der Waals surface area contributed by atoms with Gasteiger partial charge in [0.15, 0.2) is 0 Å². The molecule has 3 rings (SSSR count). The van der Waals surface area contributed by atoms with E-state index in [4.69, 9.17) is 9.47 Å². The van der Waals surface area contributed by atoms with Crippen LogP contribution in [0.5, 0.6) is 5.75 Å². The van der Waals surface area contributed by atoms with Crippen molar-refractivity contribution in [3.05, 3.63) is 29.3 Å². The van der Waals surface area contributed by atoms with Gasteiger partial charge in [-0.15, -0.1) is 12.4 Å². The molecule has 1 aliphatic heterocycles. The number of methoxy groups -OCH3 is 2. The van der Waals surface area contributed by atoms with Crippen LogP contribution < -0.4 is 15.4 Å². The van der Waals surface area contributed by atoms with Gasteiger partial charge in [-0.25, -0.2) is 0 Å². The van der Waals surface area contributed by atoms with Crippen LogP contribution in [0.15, 0.2) is 18.2 Å². The van der Waals surface area contributed by atoms with Crippen molar-refractivity contribution in [3.8, 4) is 5.75 Å². The predicted octanol–water partition coefficient (Wildman–Crippen LogP) is 2.59. The fourth-order valence-electron chi connectivity index (χ4n) is 3.96. The van der Waals surface area contributed by atoms with E-state index in [1.54, 1.807) is 14.2 Å². The van der Waals surface area contributed by atoms with E-state index in [2.05, 4.69) is 16.7 Å². The zero-order valence-electron chi connectivity index (χ0n) is 16.0. The van der Waals surface area contributed by atoms with Crippen molar-refractivity contribution >= 4 is 18.3 Å². The highest BCUT2D eigenvalue weighted by Gasteiger charge is 2.51. The number of carbonyl (C=O) groups is 1. The highest BCUT2D eigenvalue weighted by molar-refractivity contribution is 5.91. The number of hydrogen-bond donors (Lipinski definition) is 2. The molecule has 0 unspecified atom stereocenters. The van der Waals surface area contributed by atoms with E-state index in [0.29, 0.717) is 13.2 Å². The molecule has 26 heavy (non-hydrogen) atoms. The summed E-state index contributed by atoms with van der Waals surface area (Å²) in [4.78, 5) is 13.0. The summed E-state index contributed by atoms with van der Waals surface area (Å²) in [6, 6.07) is 6.14. The summed E-state index contributed by atoms with van der Waals surface area (Å²) in [5, 5.41) is 6.63. The standard InChI is InChI=1S/C20H30N2O3.ClH/c1-15-4-5-16(12-17(15)25-3)20(6-7-20)18(23)22-13-19(14-24-2)8-10-21-11-9-19;/h4-5,12,21H,6-11,13-14H2,1-3H3,(H,22,23);1H. The number of aryl methyl sites for hydroxylation is 1. The van der Waals surface area contributed by atoms with E-state index in [1.165, 1.54) is 0 Å². The number of carbonyl (C=O) groups excluding carboxylic acids is 1. The summed E-state index contributed by atoms with van der Waals surface area (Å²) in [5.41, 5.74) is 1.84. The summed E-state index contributed by atoms with van der Waals surface area (Å²) in [5.74, 6) is 0.998. The van der Waals surface area contributed by atoms with Gasteiger partial charge in [0.25, 0.3) is 0 Å². The summed E-state index contributed by atoms with van der Waals surface area (Å²) < 4.78 is 10.9. The van der Waals surface area contributed by atoms with E-state index in [0.717, 1.165) is 55.6 Å². The molecule has 0 spiro atoms. The van der Waals surface area contributed by atoms with E-state index < -0.39 is 0 Å². The number of hydrogen-bond acceptors (Lipinski definition) is 4. The summed E-state index contributed by atoms with van der Waals surface area (Å²) in [6.07, 6.45) is 3.88. The second-order valence-corrected chi connectivity index (χ2v) is 7.63. The van der Waals surface area contributed by atoms with Crippen LogP contribution in [0.2, 0.25) is 0 Å². The average molecular weight is 383 g/mol. The molecular weight excluding hydrogens is 352 g/mol. The molecule has 1 saturated carbocycles. The lowest BCUT2D eigenvalue weighted by atomic mass is 9.79. The number of piperidine rings is 1. The summed E-state index contributed by atoms with van der Waals surface area (Å²) >= 11 is 0. The first kappa shape index (κ1) is 21.0. The van der Waals surface area contributed by atoms with Crippen LogP contribution in [0.1, 0.15) is 36.8 Å². The molecule has 5 nitrogen and oxygen atoms in total. The molecule has 1 aliphatic carbocycles. The maximum atomic E-state index is 13.0. The Morgan fingerprint density at radius 1 is 1.19 bits per heavy atom. The third kappa shape index (κ3) is 4.16. The minimum absolute atomic E-state index is 0. The average Bonchev–Trinajstić information content (AvgIpc) is 3.43. The molecule has 2 N–H and O–H groups in total. The fourth-order valence-corrected chi connectivity index (χ4v) is 3.96. The maximum Gasteiger partial charge on any atom is 0.230 e. The third-order valence-corrected chi connectivity index (χ3v) is 5.88. The van der Waals surface area contributed by atoms with Gasteiger partial charge >= 0.3 is 0 Å². The largest absolute Gasteiger partial charge is 0.496 e. The quantitative estimate of drug-likeness (QED) is 0.761. The fraction of sp³-hybridized carbons (Fsp3) is 0.650. The van der Waals surface area contributed by atoms with E-state index in [1.807, 2.05) is 19.1 Å². The van der Waals surface area contributed by atoms with Crippen molar-refractivity contribution < 1.29 is 14.3 Å². The number of ether oxygens (including phenoxy) is 2. The molecule has 0 atom stereocenters. The van der Waals surface area contributed by atoms with Gasteiger partial charge in [-0.3, -0.25) is 4.79 Å². The zero-order chi connectivity index (χ0) is 17.9. The normalized spacial score (nSPS) is 20.0. The van der Waals surface area contributed by atoms with E-state index in [-0.39, 0.29) is 29.1 Å². The third-order valence-electron chi connectivity index (χ3n) is 5.88. The van der Waals surface area contributed by atoms with Gasteiger partial charge in [0, 0.05) is 19.1 Å². The Bertz CT molecular complexity index is 620. The van der Waals surface area contributed by atoms with Gasteiger partial charge in [-0.2, -0.15) is 0 Å². The lowest BCUT2D eigenvalue weighted by molar-refractivity contribution is -0.124. The molecule has 1 saturated heterocycles. The number of benzene rings is 1. The van der Waals surface area contributed by atoms with Gasteiger partial charge in [0.05, 0.1) is 19.1 Å². The van der Waals surface area contributed by atoms with Gasteiger partial charge in [0.2, 0.25) is 5.91 Å². The van der Waals surface area contributed by atoms with Crippen molar-refractivity contribution in [2.24, 2.45) is 5.41 Å². The summed E-state index contributed by atoms with van der Waals surface area (Å²) in [7, 11) is 3.42. The molecule has 6 heteroatoms. The second kappa shape index (κ2) is 8.59. The van der Waals surface area contributed by atoms with E-state index in [9.17, 15) is 4.79 Å². The molecule has 2 aliphatic rings. The van der Waals surface area contributed by atoms with Crippen LogP contribution in [0, 0.1) is 12.3 Å². The minimum atomic E-state index is -0.373. The maximum absolute atomic E-state index is 13.0. The van der Waals surface area contributed by atoms with E-state index >= 15 is 0 Å². The number of amides is 1. The van der Waals surface area contributed by atoms with Crippen LogP contribution in [0.4, 0.5) is 0 Å². The molecule has 0 bridgehead atoms.